The van der Waals surface area contributed by atoms with Gasteiger partial charge in [0, 0.05) is 33.1 Å². The van der Waals surface area contributed by atoms with Gasteiger partial charge in [-0.25, -0.2) is 0 Å². The molecule has 0 fully saturated rings. The minimum Gasteiger partial charge on any atom is -0.444 e. The van der Waals surface area contributed by atoms with E-state index in [0.717, 1.165) is 9.35 Å². The van der Waals surface area contributed by atoms with E-state index in [1.54, 1.807) is 0 Å². The van der Waals surface area contributed by atoms with Gasteiger partial charge < -0.3 is 10.5 Å². The van der Waals surface area contributed by atoms with Crippen molar-refractivity contribution in [3.05, 3.63) is 43.6 Å². The highest BCUT2D eigenvalue weighted by molar-refractivity contribution is 9.10. The average molecular weight is 365 g/mol. The fourth-order valence-corrected chi connectivity index (χ4v) is 4.42. The van der Waals surface area contributed by atoms with Gasteiger partial charge in [0.05, 0.1) is 5.92 Å². The van der Waals surface area contributed by atoms with Crippen molar-refractivity contribution in [2.45, 2.75) is 25.7 Å². The maximum Gasteiger partial charge on any atom is 0.205 e. The Morgan fingerprint density at radius 3 is 2.90 bits per heavy atom. The van der Waals surface area contributed by atoms with Crippen LogP contribution in [-0.4, -0.2) is 5.78 Å². The first-order chi connectivity index (χ1) is 10.0. The van der Waals surface area contributed by atoms with Crippen LogP contribution in [0.25, 0.3) is 0 Å². The average Bonchev–Trinajstić information content (AvgIpc) is 2.83. The lowest BCUT2D eigenvalue weighted by Gasteiger charge is -2.32. The predicted octanol–water partition coefficient (Wildman–Crippen LogP) is 3.57. The molecule has 0 bridgehead atoms. The van der Waals surface area contributed by atoms with Crippen LogP contribution in [0.2, 0.25) is 0 Å². The van der Waals surface area contributed by atoms with Gasteiger partial charge >= 0.3 is 0 Å². The first-order valence-corrected chi connectivity index (χ1v) is 8.26. The third-order valence-electron chi connectivity index (χ3n) is 3.74. The van der Waals surface area contributed by atoms with E-state index in [4.69, 9.17) is 10.5 Å². The predicted molar refractivity (Wildman–Crippen MR) is 83.1 cm³/mol. The molecule has 21 heavy (non-hydrogen) atoms. The van der Waals surface area contributed by atoms with E-state index in [1.165, 1.54) is 11.3 Å². The fourth-order valence-electron chi connectivity index (χ4n) is 2.86. The summed E-state index contributed by atoms with van der Waals surface area (Å²) < 4.78 is 6.51. The van der Waals surface area contributed by atoms with Gasteiger partial charge in [-0.1, -0.05) is 6.92 Å². The zero-order valence-corrected chi connectivity index (χ0v) is 13.8. The number of carbonyl (C=O) groups excluding carboxylic acids is 1. The number of allylic oxidation sites excluding steroid dienone is 3. The fraction of sp³-hybridized carbons (Fsp3) is 0.333. The number of nitrogens with zero attached hydrogens (tertiary/aromatic N) is 1. The lowest BCUT2D eigenvalue weighted by Crippen LogP contribution is -2.29. The van der Waals surface area contributed by atoms with Crippen molar-refractivity contribution in [3.8, 4) is 6.07 Å². The Kier molecular flexibility index (Phi) is 3.64. The number of hydrogen-bond acceptors (Lipinski definition) is 5. The van der Waals surface area contributed by atoms with E-state index in [0.29, 0.717) is 29.7 Å². The smallest absolute Gasteiger partial charge is 0.205 e. The molecule has 0 amide bonds. The number of ketones is 1. The third-order valence-corrected chi connectivity index (χ3v) is 5.50. The SMILES string of the molecule is C[C@@H]1CC(=O)C2=C(C1)OC(N)=C(C#N)[C@@H]2c1cc(Br)cs1. The van der Waals surface area contributed by atoms with Crippen molar-refractivity contribution < 1.29 is 9.53 Å². The summed E-state index contributed by atoms with van der Waals surface area (Å²) in [6.07, 6.45) is 1.17. The summed E-state index contributed by atoms with van der Waals surface area (Å²) in [4.78, 5) is 13.4. The quantitative estimate of drug-likeness (QED) is 0.826. The highest BCUT2D eigenvalue weighted by Crippen LogP contribution is 2.46. The molecule has 3 rings (SSSR count). The van der Waals surface area contributed by atoms with Crippen LogP contribution >= 0.6 is 27.3 Å². The molecule has 0 aromatic carbocycles. The molecule has 1 aliphatic heterocycles. The summed E-state index contributed by atoms with van der Waals surface area (Å²) >= 11 is 4.92. The molecule has 0 saturated carbocycles. The molecular weight excluding hydrogens is 352 g/mol. The number of rotatable bonds is 1. The van der Waals surface area contributed by atoms with Crippen LogP contribution in [-0.2, 0) is 9.53 Å². The van der Waals surface area contributed by atoms with E-state index in [1.807, 2.05) is 18.4 Å². The van der Waals surface area contributed by atoms with Gasteiger partial charge in [0.15, 0.2) is 5.78 Å². The second kappa shape index (κ2) is 5.32. The first kappa shape index (κ1) is 14.4. The maximum absolute atomic E-state index is 12.5. The zero-order valence-electron chi connectivity index (χ0n) is 11.4. The highest BCUT2D eigenvalue weighted by Gasteiger charge is 2.40. The van der Waals surface area contributed by atoms with E-state index >= 15 is 0 Å². The van der Waals surface area contributed by atoms with E-state index < -0.39 is 5.92 Å². The molecule has 4 nitrogen and oxygen atoms in total. The molecule has 0 saturated heterocycles. The minimum atomic E-state index is -0.393. The van der Waals surface area contributed by atoms with E-state index in [2.05, 4.69) is 22.0 Å². The molecule has 2 atom stereocenters. The molecule has 1 aromatic rings. The molecule has 0 radical (unpaired) electrons. The summed E-state index contributed by atoms with van der Waals surface area (Å²) in [6, 6.07) is 4.04. The number of thiophene rings is 1. The van der Waals surface area contributed by atoms with Crippen molar-refractivity contribution >= 4 is 33.0 Å². The Morgan fingerprint density at radius 1 is 1.52 bits per heavy atom. The van der Waals surface area contributed by atoms with Gasteiger partial charge in [-0.05, 0) is 27.9 Å². The van der Waals surface area contributed by atoms with Crippen LogP contribution in [0.5, 0.6) is 0 Å². The van der Waals surface area contributed by atoms with Crippen molar-refractivity contribution in [2.24, 2.45) is 11.7 Å². The van der Waals surface area contributed by atoms with Gasteiger partial charge in [0.25, 0.3) is 0 Å². The first-order valence-electron chi connectivity index (χ1n) is 6.59. The molecule has 6 heteroatoms. The Hall–Kier alpha value is -1.58. The van der Waals surface area contributed by atoms with E-state index in [9.17, 15) is 10.1 Å². The molecule has 2 heterocycles. The molecular formula is C15H13BrN2O2S. The second-order valence-corrected chi connectivity index (χ2v) is 7.22. The number of halogens is 1. The topological polar surface area (TPSA) is 76.1 Å². The Bertz CT molecular complexity index is 726. The minimum absolute atomic E-state index is 0.0542. The highest BCUT2D eigenvalue weighted by atomic mass is 79.9. The lowest BCUT2D eigenvalue weighted by atomic mass is 9.78. The second-order valence-electron chi connectivity index (χ2n) is 5.37. The zero-order chi connectivity index (χ0) is 15.1. The van der Waals surface area contributed by atoms with Gasteiger partial charge in [-0.3, -0.25) is 4.79 Å². The van der Waals surface area contributed by atoms with E-state index in [-0.39, 0.29) is 17.6 Å². The molecule has 108 valence electrons. The molecule has 0 spiro atoms. The maximum atomic E-state index is 12.5. The summed E-state index contributed by atoms with van der Waals surface area (Å²) in [5.41, 5.74) is 6.83. The summed E-state index contributed by atoms with van der Waals surface area (Å²) in [5, 5.41) is 11.4. The lowest BCUT2D eigenvalue weighted by molar-refractivity contribution is -0.117. The summed E-state index contributed by atoms with van der Waals surface area (Å²) in [5.74, 6) is 0.648. The van der Waals surface area contributed by atoms with Gasteiger partial charge in [-0.2, -0.15) is 5.26 Å². The normalized spacial score (nSPS) is 25.5. The largest absolute Gasteiger partial charge is 0.444 e. The number of hydrogen-bond donors (Lipinski definition) is 1. The molecule has 1 aliphatic carbocycles. The van der Waals surface area contributed by atoms with Gasteiger partial charge in [0.2, 0.25) is 5.88 Å². The number of carbonyl (C=O) groups is 1. The van der Waals surface area contributed by atoms with Crippen LogP contribution < -0.4 is 5.73 Å². The molecule has 1 aromatic heterocycles. The van der Waals surface area contributed by atoms with Gasteiger partial charge in [-0.15, -0.1) is 11.3 Å². The summed E-state index contributed by atoms with van der Waals surface area (Å²) in [7, 11) is 0. The Labute approximate surface area is 135 Å². The van der Waals surface area contributed by atoms with Crippen LogP contribution in [0, 0.1) is 17.2 Å². The van der Waals surface area contributed by atoms with Gasteiger partial charge in [0.1, 0.15) is 17.4 Å². The molecule has 2 N–H and O–H groups in total. The van der Waals surface area contributed by atoms with Crippen molar-refractivity contribution in [3.63, 3.8) is 0 Å². The van der Waals surface area contributed by atoms with Crippen molar-refractivity contribution in [2.75, 3.05) is 0 Å². The molecule has 2 aliphatic rings. The summed E-state index contributed by atoms with van der Waals surface area (Å²) in [6.45, 7) is 2.02. The van der Waals surface area contributed by atoms with Crippen LogP contribution in [0.4, 0.5) is 0 Å². The third kappa shape index (κ3) is 2.41. The Morgan fingerprint density at radius 2 is 2.29 bits per heavy atom. The van der Waals surface area contributed by atoms with Crippen molar-refractivity contribution in [1.29, 1.82) is 5.26 Å². The Balaban J connectivity index is 2.17. The number of nitrogens with two attached hydrogens (primary N) is 1. The monoisotopic (exact) mass is 364 g/mol. The molecule has 0 unspecified atom stereocenters. The number of ether oxygens (including phenoxy) is 1. The van der Waals surface area contributed by atoms with Crippen LogP contribution in [0.1, 0.15) is 30.6 Å². The van der Waals surface area contributed by atoms with Crippen LogP contribution in [0.3, 0.4) is 0 Å². The number of Topliss-reactive ketones (excluding diaryl/α,β-unsaturated/α-hetero) is 1. The standard InChI is InChI=1S/C15H13BrN2O2S/c1-7-2-10(19)14-11(3-7)20-15(18)9(5-17)13(14)12-4-8(16)6-21-12/h4,6-7,13H,2-3,18H2,1H3/t7-,13-/m1/s1. The number of nitriles is 1. The van der Waals surface area contributed by atoms with Crippen LogP contribution in [0.15, 0.2) is 38.7 Å². The van der Waals surface area contributed by atoms with Crippen molar-refractivity contribution in [1.82, 2.24) is 0 Å².